The summed E-state index contributed by atoms with van der Waals surface area (Å²) in [7, 11) is 0. The van der Waals surface area contributed by atoms with Crippen molar-refractivity contribution in [1.82, 2.24) is 9.97 Å². The Labute approximate surface area is 189 Å². The molecule has 0 spiro atoms. The molecule has 0 aliphatic heterocycles. The molecule has 3 aromatic carbocycles. The highest BCUT2D eigenvalue weighted by atomic mass is 16.3. The molecule has 0 unspecified atom stereocenters. The lowest BCUT2D eigenvalue weighted by Gasteiger charge is -2.09. The first-order chi connectivity index (χ1) is 16.2. The molecule has 4 aromatic heterocycles. The smallest absolute Gasteiger partial charge is 0.153 e. The molecule has 0 saturated heterocycles. The summed E-state index contributed by atoms with van der Waals surface area (Å²) in [5.74, 6) is 0. The average Bonchev–Trinajstić information content (AvgIpc) is 3.41. The number of aryl methyl sites for hydroxylation is 1. The van der Waals surface area contributed by atoms with E-state index in [0.717, 1.165) is 66.4 Å². The number of hydrogen-bond donors (Lipinski definition) is 0. The van der Waals surface area contributed by atoms with E-state index in [4.69, 9.17) is 8.83 Å². The van der Waals surface area contributed by atoms with Crippen molar-refractivity contribution in [3.8, 4) is 22.3 Å². The van der Waals surface area contributed by atoms with E-state index in [-0.39, 0.29) is 0 Å². The van der Waals surface area contributed by atoms with Gasteiger partial charge in [0.2, 0.25) is 0 Å². The summed E-state index contributed by atoms with van der Waals surface area (Å²) in [5.41, 5.74) is 10.9. The van der Waals surface area contributed by atoms with Crippen LogP contribution in [-0.4, -0.2) is 9.97 Å². The minimum atomic E-state index is 0.809. The van der Waals surface area contributed by atoms with Gasteiger partial charge in [-0.15, -0.1) is 0 Å². The van der Waals surface area contributed by atoms with Gasteiger partial charge in [0.05, 0.1) is 0 Å². The van der Waals surface area contributed by atoms with Crippen molar-refractivity contribution in [3.05, 3.63) is 96.8 Å². The van der Waals surface area contributed by atoms with Gasteiger partial charge in [0.25, 0.3) is 0 Å². The number of rotatable bonds is 2. The molecule has 4 heterocycles. The van der Waals surface area contributed by atoms with Gasteiger partial charge in [-0.2, -0.15) is 0 Å². The van der Waals surface area contributed by atoms with Crippen LogP contribution in [0.2, 0.25) is 0 Å². The van der Waals surface area contributed by atoms with Crippen molar-refractivity contribution in [2.75, 3.05) is 0 Å². The Morgan fingerprint density at radius 3 is 1.55 bits per heavy atom. The van der Waals surface area contributed by atoms with Crippen molar-refractivity contribution in [2.24, 2.45) is 0 Å². The van der Waals surface area contributed by atoms with Crippen LogP contribution in [-0.2, 0) is 0 Å². The van der Waals surface area contributed by atoms with Crippen LogP contribution in [0, 0.1) is 6.92 Å². The molecule has 33 heavy (non-hydrogen) atoms. The molecule has 0 fully saturated rings. The van der Waals surface area contributed by atoms with E-state index in [2.05, 4.69) is 59.4 Å². The lowest BCUT2D eigenvalue weighted by Crippen LogP contribution is -1.85. The quantitative estimate of drug-likeness (QED) is 0.282. The highest BCUT2D eigenvalue weighted by Gasteiger charge is 2.12. The van der Waals surface area contributed by atoms with Gasteiger partial charge in [0, 0.05) is 23.2 Å². The predicted octanol–water partition coefficient (Wildman–Crippen LogP) is 7.92. The fourth-order valence-corrected chi connectivity index (χ4v) is 4.67. The van der Waals surface area contributed by atoms with Crippen molar-refractivity contribution in [2.45, 2.75) is 6.92 Å². The highest BCUT2D eigenvalue weighted by molar-refractivity contribution is 6.05. The number of aromatic nitrogens is 2. The van der Waals surface area contributed by atoms with E-state index in [9.17, 15) is 0 Å². The maximum Gasteiger partial charge on any atom is 0.153 e. The van der Waals surface area contributed by atoms with Crippen LogP contribution in [0.3, 0.4) is 0 Å². The van der Waals surface area contributed by atoms with Crippen LogP contribution in [0.4, 0.5) is 0 Å². The van der Waals surface area contributed by atoms with Crippen molar-refractivity contribution in [3.63, 3.8) is 0 Å². The molecule has 0 radical (unpaired) electrons. The van der Waals surface area contributed by atoms with Crippen LogP contribution in [0.15, 0.2) is 100 Å². The van der Waals surface area contributed by atoms with Gasteiger partial charge in [-0.05, 0) is 89.3 Å². The van der Waals surface area contributed by atoms with Crippen LogP contribution in [0.5, 0.6) is 0 Å². The van der Waals surface area contributed by atoms with Crippen LogP contribution in [0.25, 0.3) is 66.4 Å². The summed E-state index contributed by atoms with van der Waals surface area (Å²) in [6.45, 7) is 2.13. The van der Waals surface area contributed by atoms with E-state index in [1.165, 1.54) is 5.56 Å². The molecule has 7 rings (SSSR count). The van der Waals surface area contributed by atoms with Gasteiger partial charge in [-0.3, -0.25) is 9.97 Å². The minimum Gasteiger partial charge on any atom is -0.454 e. The first-order valence-electron chi connectivity index (χ1n) is 10.9. The second kappa shape index (κ2) is 6.78. The Morgan fingerprint density at radius 2 is 1.03 bits per heavy atom. The summed E-state index contributed by atoms with van der Waals surface area (Å²) < 4.78 is 11.9. The van der Waals surface area contributed by atoms with Gasteiger partial charge in [0.15, 0.2) is 11.2 Å². The highest BCUT2D eigenvalue weighted by Crippen LogP contribution is 2.35. The summed E-state index contributed by atoms with van der Waals surface area (Å²) in [6.07, 6.45) is 3.61. The fourth-order valence-electron chi connectivity index (χ4n) is 4.67. The number of hydrogen-bond acceptors (Lipinski definition) is 4. The number of pyridine rings is 2. The minimum absolute atomic E-state index is 0.809. The molecular formula is C29H18N2O2. The Balaban J connectivity index is 1.39. The lowest BCUT2D eigenvalue weighted by molar-refractivity contribution is 0.668. The van der Waals surface area contributed by atoms with Crippen LogP contribution in [0.1, 0.15) is 5.56 Å². The van der Waals surface area contributed by atoms with Crippen molar-refractivity contribution >= 4 is 44.1 Å². The molecule has 0 amide bonds. The summed E-state index contributed by atoms with van der Waals surface area (Å²) in [4.78, 5) is 9.05. The van der Waals surface area contributed by atoms with Gasteiger partial charge in [-0.1, -0.05) is 24.3 Å². The van der Waals surface area contributed by atoms with Crippen molar-refractivity contribution in [1.29, 1.82) is 0 Å². The first kappa shape index (κ1) is 18.2. The molecule has 0 saturated carbocycles. The van der Waals surface area contributed by atoms with E-state index < -0.39 is 0 Å². The molecule has 4 nitrogen and oxygen atoms in total. The molecular weight excluding hydrogens is 408 g/mol. The third kappa shape index (κ3) is 2.84. The largest absolute Gasteiger partial charge is 0.454 e. The van der Waals surface area contributed by atoms with E-state index in [1.54, 1.807) is 12.4 Å². The number of benzene rings is 3. The third-order valence-electron chi connectivity index (χ3n) is 6.19. The Kier molecular flexibility index (Phi) is 3.73. The molecule has 156 valence electrons. The predicted molar refractivity (Wildman–Crippen MR) is 132 cm³/mol. The summed E-state index contributed by atoms with van der Waals surface area (Å²) >= 11 is 0. The molecule has 0 atom stereocenters. The molecule has 0 aliphatic rings. The molecule has 0 N–H and O–H groups in total. The van der Waals surface area contributed by atoms with Crippen molar-refractivity contribution < 1.29 is 8.83 Å². The van der Waals surface area contributed by atoms with Crippen LogP contribution < -0.4 is 0 Å². The van der Waals surface area contributed by atoms with Crippen LogP contribution >= 0.6 is 0 Å². The average molecular weight is 426 g/mol. The second-order valence-corrected chi connectivity index (χ2v) is 8.41. The number of fused-ring (bicyclic) bond motifs is 6. The third-order valence-corrected chi connectivity index (χ3v) is 6.19. The SMILES string of the molecule is Cc1cc(-c2ccc3oc4cccnc4c3c2)cc(-c2ccc3oc4cccnc4c3c2)c1. The maximum atomic E-state index is 5.95. The van der Waals surface area contributed by atoms with E-state index in [1.807, 2.05) is 36.4 Å². The van der Waals surface area contributed by atoms with E-state index >= 15 is 0 Å². The topological polar surface area (TPSA) is 52.1 Å². The van der Waals surface area contributed by atoms with Gasteiger partial charge < -0.3 is 8.83 Å². The molecule has 4 heteroatoms. The normalized spacial score (nSPS) is 11.8. The zero-order valence-electron chi connectivity index (χ0n) is 17.9. The Hall–Kier alpha value is -4.44. The Bertz CT molecular complexity index is 1710. The zero-order valence-corrected chi connectivity index (χ0v) is 17.9. The number of nitrogens with zero attached hydrogens (tertiary/aromatic N) is 2. The van der Waals surface area contributed by atoms with Gasteiger partial charge in [0.1, 0.15) is 22.2 Å². The summed E-state index contributed by atoms with van der Waals surface area (Å²) in [6, 6.07) is 27.0. The summed E-state index contributed by atoms with van der Waals surface area (Å²) in [5, 5.41) is 2.06. The maximum absolute atomic E-state index is 5.95. The van der Waals surface area contributed by atoms with E-state index in [0.29, 0.717) is 0 Å². The molecule has 0 aliphatic carbocycles. The standard InChI is InChI=1S/C29H18N2O2/c1-17-12-20(18-6-8-24-22(15-18)28-26(32-24)4-2-10-30-28)14-21(13-17)19-7-9-25-23(16-19)29-27(33-25)5-3-11-31-29/h2-16H,1H3. The second-order valence-electron chi connectivity index (χ2n) is 8.41. The molecule has 7 aromatic rings. The number of furan rings is 2. The first-order valence-corrected chi connectivity index (χ1v) is 10.9. The zero-order chi connectivity index (χ0) is 21.9. The monoisotopic (exact) mass is 426 g/mol. The fraction of sp³-hybridized carbons (Fsp3) is 0.0345. The Morgan fingerprint density at radius 1 is 0.515 bits per heavy atom. The van der Waals surface area contributed by atoms with Gasteiger partial charge >= 0.3 is 0 Å². The van der Waals surface area contributed by atoms with Gasteiger partial charge in [-0.25, -0.2) is 0 Å². The lowest BCUT2D eigenvalue weighted by atomic mass is 9.95. The molecule has 0 bridgehead atoms.